The number of carbonyl (C=O) groups excluding carboxylic acids is 1. The summed E-state index contributed by atoms with van der Waals surface area (Å²) in [6.07, 6.45) is -4.72. The van der Waals surface area contributed by atoms with E-state index in [1.165, 1.54) is 24.3 Å². The average molecular weight is 358 g/mol. The van der Waals surface area contributed by atoms with E-state index in [1.807, 2.05) is 0 Å². The summed E-state index contributed by atoms with van der Waals surface area (Å²) >= 11 is 0. The highest BCUT2D eigenvalue weighted by Crippen LogP contribution is 2.29. The Kier molecular flexibility index (Phi) is 4.62. The van der Waals surface area contributed by atoms with Crippen molar-refractivity contribution in [3.63, 3.8) is 0 Å². The molecule has 0 radical (unpaired) electrons. The van der Waals surface area contributed by atoms with Gasteiger partial charge in [0.25, 0.3) is 0 Å². The molecular weight excluding hydrogens is 344 g/mol. The molecule has 1 aromatic heterocycles. The molecule has 1 aliphatic heterocycles. The van der Waals surface area contributed by atoms with Gasteiger partial charge in [-0.1, -0.05) is 0 Å². The minimum Gasteiger partial charge on any atom is -0.378 e. The molecule has 1 aromatic carbocycles. The summed E-state index contributed by atoms with van der Waals surface area (Å²) in [5, 5.41) is 5.88. The number of hydrogen-bond acceptors (Lipinski definition) is 3. The largest absolute Gasteiger partial charge is 0.435 e. The Morgan fingerprint density at radius 2 is 1.80 bits per heavy atom. The van der Waals surface area contributed by atoms with Crippen LogP contribution >= 0.6 is 0 Å². The molecule has 1 saturated heterocycles. The second-order valence-corrected chi connectivity index (χ2v) is 5.34. The van der Waals surface area contributed by atoms with Crippen molar-refractivity contribution >= 4 is 11.7 Å². The maximum Gasteiger partial charge on any atom is 0.435 e. The maximum absolute atomic E-state index is 13.7. The van der Waals surface area contributed by atoms with Crippen LogP contribution in [0.1, 0.15) is 5.69 Å². The first kappa shape index (κ1) is 17.2. The Morgan fingerprint density at radius 3 is 2.36 bits per heavy atom. The molecule has 3 rings (SSSR count). The zero-order valence-corrected chi connectivity index (χ0v) is 12.9. The standard InChI is InChI=1S/C15H14F4N4O2/c16-13-9-12(15(17,18)19)21-23(13)11-3-1-10(2-4-11)20-14(24)22-5-7-25-8-6-22/h1-4,9H,5-8H2,(H,20,24). The van der Waals surface area contributed by atoms with Gasteiger partial charge in [-0.15, -0.1) is 0 Å². The summed E-state index contributed by atoms with van der Waals surface area (Å²) in [5.41, 5.74) is -0.768. The van der Waals surface area contributed by atoms with Crippen molar-refractivity contribution in [1.29, 1.82) is 0 Å². The van der Waals surface area contributed by atoms with Crippen LogP contribution in [0.15, 0.2) is 30.3 Å². The second kappa shape index (κ2) is 6.71. The van der Waals surface area contributed by atoms with Crippen LogP contribution < -0.4 is 5.32 Å². The highest BCUT2D eigenvalue weighted by Gasteiger charge is 2.35. The van der Waals surface area contributed by atoms with Gasteiger partial charge in [-0.2, -0.15) is 22.7 Å². The van der Waals surface area contributed by atoms with Crippen molar-refractivity contribution in [3.8, 4) is 5.69 Å². The lowest BCUT2D eigenvalue weighted by atomic mass is 10.3. The predicted molar refractivity (Wildman–Crippen MR) is 79.9 cm³/mol. The number of urea groups is 1. The smallest absolute Gasteiger partial charge is 0.378 e. The van der Waals surface area contributed by atoms with E-state index in [0.29, 0.717) is 42.7 Å². The SMILES string of the molecule is O=C(Nc1ccc(-n2nc(C(F)(F)F)cc2F)cc1)N1CCOCC1. The van der Waals surface area contributed by atoms with E-state index in [2.05, 4.69) is 10.4 Å². The summed E-state index contributed by atoms with van der Waals surface area (Å²) in [7, 11) is 0. The lowest BCUT2D eigenvalue weighted by molar-refractivity contribution is -0.141. The van der Waals surface area contributed by atoms with Crippen molar-refractivity contribution in [1.82, 2.24) is 14.7 Å². The number of morpholine rings is 1. The van der Waals surface area contributed by atoms with Gasteiger partial charge >= 0.3 is 12.2 Å². The van der Waals surface area contributed by atoms with Gasteiger partial charge in [-0.25, -0.2) is 9.48 Å². The Hall–Kier alpha value is -2.62. The zero-order chi connectivity index (χ0) is 18.0. The third kappa shape index (κ3) is 3.90. The normalized spacial score (nSPS) is 15.3. The summed E-state index contributed by atoms with van der Waals surface area (Å²) in [5.74, 6) is -1.13. The van der Waals surface area contributed by atoms with E-state index >= 15 is 0 Å². The first-order chi connectivity index (χ1) is 11.8. The van der Waals surface area contributed by atoms with Gasteiger partial charge in [-0.05, 0) is 24.3 Å². The summed E-state index contributed by atoms with van der Waals surface area (Å²) in [6.45, 7) is 1.88. The third-order valence-corrected chi connectivity index (χ3v) is 3.62. The minimum atomic E-state index is -4.72. The van der Waals surface area contributed by atoms with E-state index in [0.717, 1.165) is 0 Å². The fourth-order valence-electron chi connectivity index (χ4n) is 2.33. The average Bonchev–Trinajstić information content (AvgIpc) is 2.98. The predicted octanol–water partition coefficient (Wildman–Crippen LogP) is 2.89. The molecule has 0 spiro atoms. The summed E-state index contributed by atoms with van der Waals surface area (Å²) < 4.78 is 57.1. The molecule has 1 fully saturated rings. The molecule has 134 valence electrons. The Bertz CT molecular complexity index is 752. The number of anilines is 1. The number of nitrogens with zero attached hydrogens (tertiary/aromatic N) is 3. The van der Waals surface area contributed by atoms with Gasteiger partial charge in [0, 0.05) is 24.8 Å². The van der Waals surface area contributed by atoms with Gasteiger partial charge in [0.15, 0.2) is 5.69 Å². The molecule has 1 aliphatic rings. The van der Waals surface area contributed by atoms with E-state index < -0.39 is 17.8 Å². The fraction of sp³-hybridized carbons (Fsp3) is 0.333. The van der Waals surface area contributed by atoms with Crippen molar-refractivity contribution in [2.24, 2.45) is 0 Å². The maximum atomic E-state index is 13.7. The molecule has 0 atom stereocenters. The van der Waals surface area contributed by atoms with Crippen molar-refractivity contribution in [2.75, 3.05) is 31.6 Å². The number of hydrogen-bond donors (Lipinski definition) is 1. The molecule has 0 saturated carbocycles. The molecule has 0 unspecified atom stereocenters. The number of carbonyl (C=O) groups is 1. The molecule has 2 amide bonds. The number of ether oxygens (including phenoxy) is 1. The van der Waals surface area contributed by atoms with Gasteiger partial charge < -0.3 is 15.0 Å². The van der Waals surface area contributed by atoms with Crippen molar-refractivity contribution in [2.45, 2.75) is 6.18 Å². The molecule has 1 N–H and O–H groups in total. The first-order valence-corrected chi connectivity index (χ1v) is 7.41. The van der Waals surface area contributed by atoms with Crippen LogP contribution in [0.3, 0.4) is 0 Å². The van der Waals surface area contributed by atoms with E-state index in [-0.39, 0.29) is 11.7 Å². The zero-order valence-electron chi connectivity index (χ0n) is 12.9. The molecule has 2 aromatic rings. The Labute approximate surface area is 140 Å². The van der Waals surface area contributed by atoms with Crippen LogP contribution in [0.5, 0.6) is 0 Å². The number of nitrogens with one attached hydrogen (secondary N) is 1. The summed E-state index contributed by atoms with van der Waals surface area (Å²) in [6, 6.07) is 5.68. The molecular formula is C15H14F4N4O2. The van der Waals surface area contributed by atoms with Crippen LogP contribution in [-0.2, 0) is 10.9 Å². The van der Waals surface area contributed by atoms with Crippen LogP contribution in [0.2, 0.25) is 0 Å². The second-order valence-electron chi connectivity index (χ2n) is 5.34. The number of amides is 2. The van der Waals surface area contributed by atoms with Gasteiger partial charge in [-0.3, -0.25) is 0 Å². The topological polar surface area (TPSA) is 59.4 Å². The van der Waals surface area contributed by atoms with E-state index in [4.69, 9.17) is 4.74 Å². The number of benzene rings is 1. The Balaban J connectivity index is 1.72. The minimum absolute atomic E-state index is 0.109. The van der Waals surface area contributed by atoms with Crippen LogP contribution in [-0.4, -0.2) is 47.0 Å². The van der Waals surface area contributed by atoms with Gasteiger partial charge in [0.05, 0.1) is 18.9 Å². The third-order valence-electron chi connectivity index (χ3n) is 3.62. The van der Waals surface area contributed by atoms with Crippen LogP contribution in [0.25, 0.3) is 5.69 Å². The highest BCUT2D eigenvalue weighted by atomic mass is 19.4. The van der Waals surface area contributed by atoms with E-state index in [1.54, 1.807) is 4.90 Å². The lowest BCUT2D eigenvalue weighted by Gasteiger charge is -2.26. The van der Waals surface area contributed by atoms with Crippen LogP contribution in [0, 0.1) is 5.95 Å². The number of halogens is 4. The fourth-order valence-corrected chi connectivity index (χ4v) is 2.33. The lowest BCUT2D eigenvalue weighted by Crippen LogP contribution is -2.43. The quantitative estimate of drug-likeness (QED) is 0.840. The number of alkyl halides is 3. The van der Waals surface area contributed by atoms with Gasteiger partial charge in [0.2, 0.25) is 5.95 Å². The van der Waals surface area contributed by atoms with Crippen molar-refractivity contribution in [3.05, 3.63) is 42.0 Å². The van der Waals surface area contributed by atoms with Crippen LogP contribution in [0.4, 0.5) is 28.0 Å². The van der Waals surface area contributed by atoms with Crippen molar-refractivity contribution < 1.29 is 27.1 Å². The molecule has 0 bridgehead atoms. The summed E-state index contributed by atoms with van der Waals surface area (Å²) in [4.78, 5) is 13.6. The molecule has 0 aliphatic carbocycles. The molecule has 25 heavy (non-hydrogen) atoms. The molecule has 10 heteroatoms. The Morgan fingerprint density at radius 1 is 1.16 bits per heavy atom. The highest BCUT2D eigenvalue weighted by molar-refractivity contribution is 5.89. The van der Waals surface area contributed by atoms with E-state index in [9.17, 15) is 22.4 Å². The first-order valence-electron chi connectivity index (χ1n) is 7.41. The molecule has 6 nitrogen and oxygen atoms in total. The van der Waals surface area contributed by atoms with Gasteiger partial charge in [0.1, 0.15) is 0 Å². The number of aromatic nitrogens is 2. The molecule has 2 heterocycles. The number of rotatable bonds is 2. The monoisotopic (exact) mass is 358 g/mol.